The van der Waals surface area contributed by atoms with Crippen LogP contribution in [0.1, 0.15) is 0 Å². The SMILES string of the molecule is c1cc(-c2ccc3c(c2)ncc2c4ccccc4sc32)cc(-c2cccc3c2oc2ccccc23)c1. The molecule has 0 unspecified atom stereocenters. The van der Waals surface area contributed by atoms with Gasteiger partial charge in [0.25, 0.3) is 0 Å². The van der Waals surface area contributed by atoms with Gasteiger partial charge in [0.05, 0.1) is 5.52 Å². The van der Waals surface area contributed by atoms with Crippen LogP contribution in [0.15, 0.2) is 120 Å². The molecule has 8 aromatic rings. The third-order valence-electron chi connectivity index (χ3n) is 7.12. The van der Waals surface area contributed by atoms with Gasteiger partial charge in [0.15, 0.2) is 0 Å². The summed E-state index contributed by atoms with van der Waals surface area (Å²) >= 11 is 1.84. The Kier molecular flexibility index (Phi) is 4.13. The average molecular weight is 478 g/mol. The van der Waals surface area contributed by atoms with Crippen LogP contribution in [0.5, 0.6) is 0 Å². The van der Waals surface area contributed by atoms with Crippen LogP contribution in [0.2, 0.25) is 0 Å². The lowest BCUT2D eigenvalue weighted by atomic mass is 9.97. The van der Waals surface area contributed by atoms with E-state index in [-0.39, 0.29) is 0 Å². The summed E-state index contributed by atoms with van der Waals surface area (Å²) in [4.78, 5) is 4.86. The van der Waals surface area contributed by atoms with E-state index in [2.05, 4.69) is 97.1 Å². The first-order valence-corrected chi connectivity index (χ1v) is 12.9. The van der Waals surface area contributed by atoms with Gasteiger partial charge in [-0.3, -0.25) is 4.98 Å². The molecule has 3 heteroatoms. The zero-order chi connectivity index (χ0) is 23.6. The van der Waals surface area contributed by atoms with Crippen LogP contribution in [0.25, 0.3) is 75.3 Å². The van der Waals surface area contributed by atoms with E-state index in [4.69, 9.17) is 9.40 Å². The van der Waals surface area contributed by atoms with E-state index in [0.717, 1.165) is 44.1 Å². The molecule has 0 saturated carbocycles. The number of hydrogen-bond acceptors (Lipinski definition) is 3. The Balaban J connectivity index is 1.28. The van der Waals surface area contributed by atoms with E-state index in [1.165, 1.54) is 31.1 Å². The maximum absolute atomic E-state index is 6.30. The second kappa shape index (κ2) is 7.51. The lowest BCUT2D eigenvalue weighted by Crippen LogP contribution is -1.84. The molecular formula is C33H19NOS. The molecule has 0 aliphatic heterocycles. The van der Waals surface area contributed by atoms with Crippen molar-refractivity contribution in [3.05, 3.63) is 115 Å². The van der Waals surface area contributed by atoms with Crippen LogP contribution in [-0.2, 0) is 0 Å². The quantitative estimate of drug-likeness (QED) is 0.248. The molecule has 2 nitrogen and oxygen atoms in total. The molecular weight excluding hydrogens is 458 g/mol. The van der Waals surface area contributed by atoms with Crippen molar-refractivity contribution in [2.24, 2.45) is 0 Å². The Bertz CT molecular complexity index is 2110. The molecule has 3 heterocycles. The first-order chi connectivity index (χ1) is 17.8. The van der Waals surface area contributed by atoms with Crippen LogP contribution >= 0.6 is 11.3 Å². The van der Waals surface area contributed by atoms with Crippen molar-refractivity contribution in [3.63, 3.8) is 0 Å². The zero-order valence-electron chi connectivity index (χ0n) is 19.2. The number of rotatable bonds is 2. The number of furan rings is 1. The van der Waals surface area contributed by atoms with E-state index in [1.807, 2.05) is 29.7 Å². The van der Waals surface area contributed by atoms with Gasteiger partial charge in [-0.05, 0) is 41.0 Å². The minimum atomic E-state index is 0.921. The molecule has 36 heavy (non-hydrogen) atoms. The van der Waals surface area contributed by atoms with Gasteiger partial charge in [0.1, 0.15) is 11.2 Å². The van der Waals surface area contributed by atoms with Crippen molar-refractivity contribution in [1.82, 2.24) is 4.98 Å². The monoisotopic (exact) mass is 477 g/mol. The number of hydrogen-bond donors (Lipinski definition) is 0. The molecule has 3 aromatic heterocycles. The summed E-state index contributed by atoms with van der Waals surface area (Å²) in [5.41, 5.74) is 7.46. The highest BCUT2D eigenvalue weighted by atomic mass is 32.1. The van der Waals surface area contributed by atoms with Crippen molar-refractivity contribution < 1.29 is 4.42 Å². The highest BCUT2D eigenvalue weighted by Gasteiger charge is 2.13. The van der Waals surface area contributed by atoms with Gasteiger partial charge in [-0.15, -0.1) is 11.3 Å². The maximum atomic E-state index is 6.30. The van der Waals surface area contributed by atoms with Crippen LogP contribution in [0.4, 0.5) is 0 Å². The summed E-state index contributed by atoms with van der Waals surface area (Å²) in [6.07, 6.45) is 2.03. The highest BCUT2D eigenvalue weighted by Crippen LogP contribution is 2.39. The van der Waals surface area contributed by atoms with E-state index >= 15 is 0 Å². The third kappa shape index (κ3) is 2.87. The molecule has 0 aliphatic rings. The lowest BCUT2D eigenvalue weighted by molar-refractivity contribution is 0.670. The predicted octanol–water partition coefficient (Wildman–Crippen LogP) is 9.84. The second-order valence-electron chi connectivity index (χ2n) is 9.19. The standard InChI is InChI=1S/C33H19NOS/c1-3-13-30-24(9-1)26-12-6-11-23(32(26)35-30)22-8-5-7-20(17-22)21-15-16-27-29(18-21)34-19-28-25-10-2-4-14-31(25)36-33(27)28/h1-19H. The fraction of sp³-hybridized carbons (Fsp3) is 0. The van der Waals surface area contributed by atoms with Crippen molar-refractivity contribution in [1.29, 1.82) is 0 Å². The Morgan fingerprint density at radius 1 is 0.556 bits per heavy atom. The van der Waals surface area contributed by atoms with Gasteiger partial charge in [-0.25, -0.2) is 0 Å². The lowest BCUT2D eigenvalue weighted by Gasteiger charge is -2.08. The molecule has 0 amide bonds. The van der Waals surface area contributed by atoms with Crippen molar-refractivity contribution >= 4 is 64.4 Å². The number of pyridine rings is 1. The van der Waals surface area contributed by atoms with Gasteiger partial charge < -0.3 is 4.42 Å². The van der Waals surface area contributed by atoms with E-state index < -0.39 is 0 Å². The summed E-state index contributed by atoms with van der Waals surface area (Å²) in [6.45, 7) is 0. The van der Waals surface area contributed by atoms with Gasteiger partial charge in [-0.2, -0.15) is 0 Å². The number of para-hydroxylation sites is 2. The van der Waals surface area contributed by atoms with Crippen molar-refractivity contribution in [2.45, 2.75) is 0 Å². The first-order valence-electron chi connectivity index (χ1n) is 12.0. The number of nitrogens with zero attached hydrogens (tertiary/aromatic N) is 1. The fourth-order valence-corrected chi connectivity index (χ4v) is 6.59. The molecule has 0 spiro atoms. The first kappa shape index (κ1) is 19.8. The van der Waals surface area contributed by atoms with Crippen LogP contribution < -0.4 is 0 Å². The fourth-order valence-electron chi connectivity index (χ4n) is 5.38. The highest BCUT2D eigenvalue weighted by molar-refractivity contribution is 7.26. The number of benzene rings is 5. The smallest absolute Gasteiger partial charge is 0.143 e. The van der Waals surface area contributed by atoms with E-state index in [1.54, 1.807) is 0 Å². The molecule has 0 fully saturated rings. The minimum absolute atomic E-state index is 0.921. The zero-order valence-corrected chi connectivity index (χ0v) is 20.0. The summed E-state index contributed by atoms with van der Waals surface area (Å²) in [7, 11) is 0. The summed E-state index contributed by atoms with van der Waals surface area (Å²) in [5, 5.41) is 6.02. The molecule has 0 atom stereocenters. The third-order valence-corrected chi connectivity index (χ3v) is 8.34. The molecule has 5 aromatic carbocycles. The van der Waals surface area contributed by atoms with Crippen LogP contribution in [0, 0.1) is 0 Å². The Labute approximate surface area is 211 Å². The summed E-state index contributed by atoms with van der Waals surface area (Å²) < 4.78 is 8.91. The summed E-state index contributed by atoms with van der Waals surface area (Å²) in [6, 6.07) is 38.6. The van der Waals surface area contributed by atoms with E-state index in [9.17, 15) is 0 Å². The molecule has 0 N–H and O–H groups in total. The van der Waals surface area contributed by atoms with E-state index in [0.29, 0.717) is 0 Å². The number of thiophene rings is 1. The predicted molar refractivity (Wildman–Crippen MR) is 153 cm³/mol. The average Bonchev–Trinajstić information content (AvgIpc) is 3.51. The largest absolute Gasteiger partial charge is 0.455 e. The Morgan fingerprint density at radius 2 is 1.33 bits per heavy atom. The van der Waals surface area contributed by atoms with Gasteiger partial charge in [0.2, 0.25) is 0 Å². The van der Waals surface area contributed by atoms with Crippen molar-refractivity contribution in [2.75, 3.05) is 0 Å². The Morgan fingerprint density at radius 3 is 2.31 bits per heavy atom. The molecule has 0 radical (unpaired) electrons. The Hall–Kier alpha value is -4.47. The van der Waals surface area contributed by atoms with Crippen LogP contribution in [0.3, 0.4) is 0 Å². The molecule has 0 saturated heterocycles. The van der Waals surface area contributed by atoms with Crippen molar-refractivity contribution in [3.8, 4) is 22.3 Å². The minimum Gasteiger partial charge on any atom is -0.455 e. The normalized spacial score (nSPS) is 11.9. The van der Waals surface area contributed by atoms with Gasteiger partial charge in [-0.1, -0.05) is 84.9 Å². The number of aromatic nitrogens is 1. The van der Waals surface area contributed by atoms with Gasteiger partial charge >= 0.3 is 0 Å². The molecule has 168 valence electrons. The molecule has 8 rings (SSSR count). The topological polar surface area (TPSA) is 26.0 Å². The second-order valence-corrected chi connectivity index (χ2v) is 10.2. The van der Waals surface area contributed by atoms with Crippen LogP contribution in [-0.4, -0.2) is 4.98 Å². The molecule has 0 bridgehead atoms. The van der Waals surface area contributed by atoms with Gasteiger partial charge in [0, 0.05) is 48.1 Å². The summed E-state index contributed by atoms with van der Waals surface area (Å²) in [5.74, 6) is 0. The molecule has 0 aliphatic carbocycles. The number of fused-ring (bicyclic) bond motifs is 8. The maximum Gasteiger partial charge on any atom is 0.143 e.